The minimum atomic E-state index is -0.230. The van der Waals surface area contributed by atoms with Crippen molar-refractivity contribution < 1.29 is 19.1 Å². The maximum atomic E-state index is 12.8. The van der Waals surface area contributed by atoms with Crippen LogP contribution in [0.5, 0.6) is 11.5 Å². The average molecular weight is 472 g/mol. The van der Waals surface area contributed by atoms with Crippen LogP contribution in [-0.2, 0) is 6.61 Å². The number of methoxy groups -OCH3 is 1. The number of hydrogen-bond acceptors (Lipinski definition) is 7. The second kappa shape index (κ2) is 10.6. The van der Waals surface area contributed by atoms with Crippen LogP contribution in [0.4, 0.5) is 0 Å². The average Bonchev–Trinajstić information content (AvgIpc) is 3.52. The van der Waals surface area contributed by atoms with Crippen LogP contribution in [0.25, 0.3) is 0 Å². The molecule has 2 heterocycles. The number of ether oxygens (including phenoxy) is 2. The summed E-state index contributed by atoms with van der Waals surface area (Å²) in [5, 5.41) is 10.5. The molecule has 1 aliphatic carbocycles. The smallest absolute Gasteiger partial charge is 0.271 e. The first-order chi connectivity index (χ1) is 15.6. The quantitative estimate of drug-likeness (QED) is 0.512. The zero-order chi connectivity index (χ0) is 22.3. The van der Waals surface area contributed by atoms with Gasteiger partial charge < -0.3 is 20.1 Å². The van der Waals surface area contributed by atoms with Gasteiger partial charge in [0.25, 0.3) is 11.8 Å². The van der Waals surface area contributed by atoms with Gasteiger partial charge in [-0.05, 0) is 36.4 Å². The van der Waals surface area contributed by atoms with Crippen LogP contribution >= 0.6 is 22.7 Å². The third kappa shape index (κ3) is 5.46. The van der Waals surface area contributed by atoms with Gasteiger partial charge in [0.1, 0.15) is 17.3 Å². The molecule has 4 rings (SSSR count). The van der Waals surface area contributed by atoms with E-state index in [0.29, 0.717) is 27.1 Å². The Labute approximate surface area is 194 Å². The van der Waals surface area contributed by atoms with Crippen LogP contribution in [0.1, 0.15) is 50.9 Å². The maximum absolute atomic E-state index is 12.8. The largest absolute Gasteiger partial charge is 0.493 e. The van der Waals surface area contributed by atoms with Crippen LogP contribution in [0.3, 0.4) is 0 Å². The van der Waals surface area contributed by atoms with Gasteiger partial charge in [0.2, 0.25) is 0 Å². The van der Waals surface area contributed by atoms with E-state index in [0.717, 1.165) is 25.7 Å². The van der Waals surface area contributed by atoms with Crippen LogP contribution in [0, 0.1) is 0 Å². The Morgan fingerprint density at radius 2 is 1.72 bits per heavy atom. The van der Waals surface area contributed by atoms with E-state index in [4.69, 9.17) is 9.47 Å². The number of nitrogens with zero attached hydrogens (tertiary/aromatic N) is 1. The molecule has 0 radical (unpaired) electrons. The molecule has 9 heteroatoms. The topological polar surface area (TPSA) is 89.6 Å². The number of amides is 2. The van der Waals surface area contributed by atoms with Crippen molar-refractivity contribution in [2.24, 2.45) is 0 Å². The summed E-state index contributed by atoms with van der Waals surface area (Å²) < 4.78 is 11.1. The van der Waals surface area contributed by atoms with Crippen molar-refractivity contribution in [2.75, 3.05) is 7.11 Å². The van der Waals surface area contributed by atoms with E-state index in [1.54, 1.807) is 18.6 Å². The van der Waals surface area contributed by atoms with E-state index < -0.39 is 0 Å². The first kappa shape index (κ1) is 22.3. The molecule has 2 N–H and O–H groups in total. The Bertz CT molecular complexity index is 1050. The summed E-state index contributed by atoms with van der Waals surface area (Å²) in [7, 11) is 1.59. The van der Waals surface area contributed by atoms with E-state index in [-0.39, 0.29) is 30.5 Å². The van der Waals surface area contributed by atoms with Gasteiger partial charge in [-0.1, -0.05) is 31.0 Å². The first-order valence-electron chi connectivity index (χ1n) is 10.5. The van der Waals surface area contributed by atoms with Crippen LogP contribution in [0.15, 0.2) is 47.2 Å². The van der Waals surface area contributed by atoms with E-state index in [2.05, 4.69) is 15.6 Å². The molecule has 1 saturated carbocycles. The molecule has 0 spiro atoms. The molecule has 7 nitrogen and oxygen atoms in total. The van der Waals surface area contributed by atoms with Gasteiger partial charge in [-0.15, -0.1) is 22.7 Å². The molecule has 2 amide bonds. The fourth-order valence-electron chi connectivity index (χ4n) is 3.72. The molecule has 3 aromatic rings. The van der Waals surface area contributed by atoms with Crippen molar-refractivity contribution in [3.63, 3.8) is 0 Å². The number of para-hydroxylation sites is 2. The van der Waals surface area contributed by atoms with Gasteiger partial charge >= 0.3 is 0 Å². The van der Waals surface area contributed by atoms with E-state index in [1.165, 1.54) is 22.7 Å². The Kier molecular flexibility index (Phi) is 7.39. The Balaban J connectivity index is 1.34. The number of carbonyl (C=O) groups excluding carboxylic acids is 2. The lowest BCUT2D eigenvalue weighted by molar-refractivity contribution is 0.0862. The molecule has 2 aromatic heterocycles. The molecule has 168 valence electrons. The van der Waals surface area contributed by atoms with Crippen LogP contribution in [-0.4, -0.2) is 36.0 Å². The molecule has 0 aliphatic heterocycles. The standard InChI is InChI=1S/C23H25N3O4S2/c1-29-18-9-4-5-10-19(18)30-13-21-24-17(14-32-21)22(27)25-15-7-2-3-8-16(15)26-23(28)20-11-6-12-31-20/h4-6,9-12,14-16H,2-3,7-8,13H2,1H3,(H,25,27)(H,26,28)/t15-,16-/m1/s1. The highest BCUT2D eigenvalue weighted by Crippen LogP contribution is 2.27. The number of rotatable bonds is 8. The van der Waals surface area contributed by atoms with Crippen LogP contribution < -0.4 is 20.1 Å². The highest BCUT2D eigenvalue weighted by Gasteiger charge is 2.29. The minimum absolute atomic E-state index is 0.0874. The molecule has 0 bridgehead atoms. The van der Waals surface area contributed by atoms with Crippen molar-refractivity contribution in [2.45, 2.75) is 44.4 Å². The zero-order valence-corrected chi connectivity index (χ0v) is 19.3. The predicted octanol–water partition coefficient (Wildman–Crippen LogP) is 4.26. The second-order valence-corrected chi connectivity index (χ2v) is 9.38. The summed E-state index contributed by atoms with van der Waals surface area (Å²) in [6.07, 6.45) is 3.72. The van der Waals surface area contributed by atoms with Crippen molar-refractivity contribution >= 4 is 34.5 Å². The van der Waals surface area contributed by atoms with E-state index >= 15 is 0 Å². The first-order valence-corrected chi connectivity index (χ1v) is 12.3. The lowest BCUT2D eigenvalue weighted by Crippen LogP contribution is -2.53. The molecule has 1 fully saturated rings. The van der Waals surface area contributed by atoms with Crippen molar-refractivity contribution in [3.05, 3.63) is 62.7 Å². The summed E-state index contributed by atoms with van der Waals surface area (Å²) in [4.78, 5) is 30.4. The Morgan fingerprint density at radius 3 is 2.41 bits per heavy atom. The van der Waals surface area contributed by atoms with Crippen molar-refractivity contribution in [3.8, 4) is 11.5 Å². The summed E-state index contributed by atoms with van der Waals surface area (Å²) in [6, 6.07) is 10.9. The number of aromatic nitrogens is 1. The van der Waals surface area contributed by atoms with Gasteiger partial charge in [0.05, 0.1) is 12.0 Å². The molecule has 0 unspecified atom stereocenters. The molecular weight excluding hydrogens is 446 g/mol. The van der Waals surface area contributed by atoms with E-state index in [1.807, 2.05) is 35.7 Å². The minimum Gasteiger partial charge on any atom is -0.493 e. The van der Waals surface area contributed by atoms with Gasteiger partial charge in [-0.2, -0.15) is 0 Å². The van der Waals surface area contributed by atoms with Crippen LogP contribution in [0.2, 0.25) is 0 Å². The monoisotopic (exact) mass is 471 g/mol. The summed E-state index contributed by atoms with van der Waals surface area (Å²) >= 11 is 2.79. The maximum Gasteiger partial charge on any atom is 0.271 e. The van der Waals surface area contributed by atoms with Crippen molar-refractivity contribution in [1.29, 1.82) is 0 Å². The molecular formula is C23H25N3O4S2. The fraction of sp³-hybridized carbons (Fsp3) is 0.348. The molecule has 1 aliphatic rings. The third-order valence-corrected chi connectivity index (χ3v) is 7.04. The van der Waals surface area contributed by atoms with Gasteiger partial charge in [-0.25, -0.2) is 4.98 Å². The van der Waals surface area contributed by atoms with Gasteiger partial charge in [0.15, 0.2) is 11.5 Å². The van der Waals surface area contributed by atoms with Crippen molar-refractivity contribution in [1.82, 2.24) is 15.6 Å². The number of thiazole rings is 1. The third-order valence-electron chi connectivity index (χ3n) is 5.35. The Hall–Kier alpha value is -2.91. The number of thiophene rings is 1. The normalized spacial score (nSPS) is 18.0. The lowest BCUT2D eigenvalue weighted by atomic mass is 9.90. The molecule has 0 saturated heterocycles. The molecule has 2 atom stereocenters. The summed E-state index contributed by atoms with van der Waals surface area (Å²) in [6.45, 7) is 0.251. The SMILES string of the molecule is COc1ccccc1OCc1nc(C(=O)N[C@@H]2CCCC[C@H]2NC(=O)c2cccs2)cs1. The second-order valence-electron chi connectivity index (χ2n) is 7.49. The summed E-state index contributed by atoms with van der Waals surface area (Å²) in [5.74, 6) is 0.959. The number of hydrogen-bond donors (Lipinski definition) is 2. The number of carbonyl (C=O) groups is 2. The summed E-state index contributed by atoms with van der Waals surface area (Å²) in [5.41, 5.74) is 0.363. The molecule has 1 aromatic carbocycles. The van der Waals surface area contributed by atoms with E-state index in [9.17, 15) is 9.59 Å². The zero-order valence-electron chi connectivity index (χ0n) is 17.7. The predicted molar refractivity (Wildman–Crippen MR) is 125 cm³/mol. The number of nitrogens with one attached hydrogen (secondary N) is 2. The van der Waals surface area contributed by atoms with Gasteiger partial charge in [0, 0.05) is 17.5 Å². The Morgan fingerprint density at radius 1 is 1.00 bits per heavy atom. The fourth-order valence-corrected chi connectivity index (χ4v) is 5.04. The highest BCUT2D eigenvalue weighted by molar-refractivity contribution is 7.12. The van der Waals surface area contributed by atoms with Gasteiger partial charge in [-0.3, -0.25) is 9.59 Å². The lowest BCUT2D eigenvalue weighted by Gasteiger charge is -2.32. The molecule has 32 heavy (non-hydrogen) atoms. The highest BCUT2D eigenvalue weighted by atomic mass is 32.1. The number of benzene rings is 1.